The van der Waals surface area contributed by atoms with E-state index in [4.69, 9.17) is 9.72 Å². The highest BCUT2D eigenvalue weighted by atomic mass is 16.5. The Kier molecular flexibility index (Phi) is 6.38. The highest BCUT2D eigenvalue weighted by Gasteiger charge is 2.11. The Morgan fingerprint density at radius 2 is 1.72 bits per heavy atom. The third kappa shape index (κ3) is 5.34. The third-order valence-corrected chi connectivity index (χ3v) is 5.19. The molecule has 4 nitrogen and oxygen atoms in total. The molecule has 0 radical (unpaired) electrons. The topological polar surface area (TPSA) is 38.3 Å². The number of hydrogen-bond donors (Lipinski definition) is 0. The lowest BCUT2D eigenvalue weighted by Gasteiger charge is -2.26. The molecule has 0 bridgehead atoms. The quantitative estimate of drug-likeness (QED) is 0.475. The van der Waals surface area contributed by atoms with E-state index in [-0.39, 0.29) is 0 Å². The number of hydrogen-bond acceptors (Lipinski definition) is 4. The summed E-state index contributed by atoms with van der Waals surface area (Å²) < 4.78 is 6.05. The maximum Gasteiger partial charge on any atom is 0.249 e. The molecular weight excluding hydrogens is 358 g/mol. The molecule has 0 spiro atoms. The molecule has 4 heteroatoms. The molecule has 1 fully saturated rings. The van der Waals surface area contributed by atoms with Crippen molar-refractivity contribution in [3.8, 4) is 17.7 Å². The zero-order valence-corrected chi connectivity index (χ0v) is 17.0. The molecule has 2 aromatic carbocycles. The van der Waals surface area contributed by atoms with Gasteiger partial charge in [-0.3, -0.25) is 0 Å². The van der Waals surface area contributed by atoms with Gasteiger partial charge in [0, 0.05) is 12.1 Å². The second kappa shape index (κ2) is 9.54. The molecule has 1 saturated heterocycles. The van der Waals surface area contributed by atoms with E-state index in [9.17, 15) is 0 Å². The fraction of sp³-hybridized carbons (Fsp3) is 0.360. The molecule has 0 unspecified atom stereocenters. The van der Waals surface area contributed by atoms with E-state index in [1.54, 1.807) is 0 Å². The lowest BCUT2D eigenvalue weighted by molar-refractivity contribution is 0.203. The number of nitrogens with zero attached hydrogens (tertiary/aromatic N) is 3. The first-order valence-corrected chi connectivity index (χ1v) is 10.5. The number of ether oxygens (including phenoxy) is 1. The Hall–Kier alpha value is -2.90. The van der Waals surface area contributed by atoms with E-state index in [2.05, 4.69) is 40.8 Å². The summed E-state index contributed by atoms with van der Waals surface area (Å²) in [7, 11) is 0. The van der Waals surface area contributed by atoms with Crippen LogP contribution in [0.1, 0.15) is 42.5 Å². The molecule has 0 saturated carbocycles. The van der Waals surface area contributed by atoms with Crippen molar-refractivity contribution in [1.82, 2.24) is 14.9 Å². The average Bonchev–Trinajstić information content (AvgIpc) is 2.76. The highest BCUT2D eigenvalue weighted by molar-refractivity contribution is 5.75. The van der Waals surface area contributed by atoms with Crippen LogP contribution >= 0.6 is 0 Å². The molecular formula is C25H27N3O. The van der Waals surface area contributed by atoms with Crippen molar-refractivity contribution in [3.05, 3.63) is 65.4 Å². The maximum atomic E-state index is 6.05. The van der Waals surface area contributed by atoms with Gasteiger partial charge >= 0.3 is 0 Å². The fourth-order valence-corrected chi connectivity index (χ4v) is 3.66. The molecule has 1 aromatic heterocycles. The van der Waals surface area contributed by atoms with E-state index in [0.29, 0.717) is 18.2 Å². The van der Waals surface area contributed by atoms with Gasteiger partial charge in [0.2, 0.25) is 5.88 Å². The summed E-state index contributed by atoms with van der Waals surface area (Å²) in [5.41, 5.74) is 4.43. The zero-order valence-electron chi connectivity index (χ0n) is 17.0. The van der Waals surface area contributed by atoms with Gasteiger partial charge in [-0.1, -0.05) is 36.6 Å². The normalized spacial score (nSPS) is 14.4. The van der Waals surface area contributed by atoms with Gasteiger partial charge in [0.15, 0.2) is 5.69 Å². The number of piperidine rings is 1. The van der Waals surface area contributed by atoms with Crippen molar-refractivity contribution >= 4 is 11.0 Å². The summed E-state index contributed by atoms with van der Waals surface area (Å²) in [6, 6.07) is 16.0. The molecule has 148 valence electrons. The monoisotopic (exact) mass is 385 g/mol. The summed E-state index contributed by atoms with van der Waals surface area (Å²) in [4.78, 5) is 11.9. The van der Waals surface area contributed by atoms with Crippen molar-refractivity contribution in [3.63, 3.8) is 0 Å². The number of fused-ring (bicyclic) bond motifs is 1. The van der Waals surface area contributed by atoms with Gasteiger partial charge in [-0.2, -0.15) is 0 Å². The molecule has 1 aliphatic heterocycles. The van der Waals surface area contributed by atoms with Crippen LogP contribution in [0.4, 0.5) is 0 Å². The minimum atomic E-state index is 0.530. The van der Waals surface area contributed by atoms with Crippen LogP contribution in [0.2, 0.25) is 0 Å². The van der Waals surface area contributed by atoms with E-state index in [0.717, 1.165) is 29.6 Å². The fourth-order valence-electron chi connectivity index (χ4n) is 3.66. The second-order valence-corrected chi connectivity index (χ2v) is 7.59. The number of likely N-dealkylation sites (tertiary alicyclic amines) is 1. The van der Waals surface area contributed by atoms with Crippen LogP contribution in [0, 0.1) is 18.8 Å². The number of para-hydroxylation sites is 2. The Morgan fingerprint density at radius 3 is 2.52 bits per heavy atom. The summed E-state index contributed by atoms with van der Waals surface area (Å²) in [5.74, 6) is 6.92. The average molecular weight is 386 g/mol. The Balaban J connectivity index is 1.51. The zero-order chi connectivity index (χ0) is 19.9. The molecule has 3 aromatic rings. The van der Waals surface area contributed by atoms with Gasteiger partial charge in [0.05, 0.1) is 17.6 Å². The number of benzene rings is 2. The Morgan fingerprint density at radius 1 is 0.931 bits per heavy atom. The molecule has 0 N–H and O–H groups in total. The molecule has 29 heavy (non-hydrogen) atoms. The lowest BCUT2D eigenvalue weighted by atomic mass is 10.1. The highest BCUT2D eigenvalue weighted by Crippen LogP contribution is 2.19. The largest absolute Gasteiger partial charge is 0.476 e. The van der Waals surface area contributed by atoms with Crippen LogP contribution < -0.4 is 4.74 Å². The van der Waals surface area contributed by atoms with Crippen molar-refractivity contribution in [2.75, 3.05) is 26.2 Å². The van der Waals surface area contributed by atoms with Crippen LogP contribution in [0.5, 0.6) is 5.88 Å². The molecule has 4 rings (SSSR count). The summed E-state index contributed by atoms with van der Waals surface area (Å²) in [5, 5.41) is 0. The molecule has 0 aliphatic carbocycles. The molecule has 1 aliphatic rings. The lowest BCUT2D eigenvalue weighted by Crippen LogP contribution is -2.31. The first kappa shape index (κ1) is 19.4. The van der Waals surface area contributed by atoms with Crippen molar-refractivity contribution < 1.29 is 4.74 Å². The minimum absolute atomic E-state index is 0.530. The van der Waals surface area contributed by atoms with E-state index in [1.807, 2.05) is 36.4 Å². The van der Waals surface area contributed by atoms with Crippen LogP contribution in [0.15, 0.2) is 48.5 Å². The first-order valence-electron chi connectivity index (χ1n) is 10.5. The van der Waals surface area contributed by atoms with E-state index in [1.165, 1.54) is 37.9 Å². The molecule has 0 amide bonds. The van der Waals surface area contributed by atoms with Crippen LogP contribution in [0.25, 0.3) is 11.0 Å². The first-order chi connectivity index (χ1) is 14.3. The van der Waals surface area contributed by atoms with Crippen molar-refractivity contribution in [1.29, 1.82) is 0 Å². The second-order valence-electron chi connectivity index (χ2n) is 7.59. The van der Waals surface area contributed by atoms with Gasteiger partial charge in [0.25, 0.3) is 0 Å². The number of aromatic nitrogens is 2. The van der Waals surface area contributed by atoms with Crippen molar-refractivity contribution in [2.45, 2.75) is 32.6 Å². The predicted octanol–water partition coefficient (Wildman–Crippen LogP) is 4.59. The predicted molar refractivity (Wildman–Crippen MR) is 117 cm³/mol. The van der Waals surface area contributed by atoms with Gasteiger partial charge in [-0.25, -0.2) is 9.97 Å². The number of rotatable bonds is 5. The Labute approximate surface area is 172 Å². The van der Waals surface area contributed by atoms with Crippen LogP contribution in [-0.2, 0) is 0 Å². The van der Waals surface area contributed by atoms with E-state index >= 15 is 0 Å². The maximum absolute atomic E-state index is 6.05. The van der Waals surface area contributed by atoms with Gasteiger partial charge in [-0.15, -0.1) is 0 Å². The van der Waals surface area contributed by atoms with Gasteiger partial charge in [-0.05, 0) is 75.0 Å². The summed E-state index contributed by atoms with van der Waals surface area (Å²) in [6.45, 7) is 6.19. The van der Waals surface area contributed by atoms with Crippen LogP contribution in [0.3, 0.4) is 0 Å². The summed E-state index contributed by atoms with van der Waals surface area (Å²) >= 11 is 0. The molecule has 0 atom stereocenters. The standard InChI is InChI=1S/C25H27N3O/c1-20-9-7-10-21(19-20)13-14-24-25(27-23-12-4-3-11-22(23)26-24)29-18-8-17-28-15-5-2-6-16-28/h3-4,7,9-12,19H,2,5-6,8,15-18H2,1H3. The summed E-state index contributed by atoms with van der Waals surface area (Å²) in [6.07, 6.45) is 4.98. The SMILES string of the molecule is Cc1cccc(C#Cc2nc3ccccc3nc2OCCCN2CCCCC2)c1. The van der Waals surface area contributed by atoms with E-state index < -0.39 is 0 Å². The smallest absolute Gasteiger partial charge is 0.249 e. The molecule has 2 heterocycles. The van der Waals surface area contributed by atoms with Crippen LogP contribution in [-0.4, -0.2) is 41.1 Å². The minimum Gasteiger partial charge on any atom is -0.476 e. The van der Waals surface area contributed by atoms with Crippen molar-refractivity contribution in [2.24, 2.45) is 0 Å². The van der Waals surface area contributed by atoms with Gasteiger partial charge < -0.3 is 9.64 Å². The third-order valence-electron chi connectivity index (χ3n) is 5.19. The number of aryl methyl sites for hydroxylation is 1. The van der Waals surface area contributed by atoms with Gasteiger partial charge in [0.1, 0.15) is 0 Å². The Bertz CT molecular complexity index is 1030.